The van der Waals surface area contributed by atoms with Gasteiger partial charge < -0.3 is 9.47 Å². The van der Waals surface area contributed by atoms with Gasteiger partial charge in [-0.05, 0) is 32.0 Å². The fourth-order valence-corrected chi connectivity index (χ4v) is 2.59. The van der Waals surface area contributed by atoms with E-state index in [-0.39, 0.29) is 12.2 Å². The van der Waals surface area contributed by atoms with Crippen LogP contribution < -0.4 is 20.3 Å². The van der Waals surface area contributed by atoms with E-state index in [1.54, 1.807) is 50.2 Å². The molecule has 26 heavy (non-hydrogen) atoms. The molecule has 0 aliphatic carbocycles. The Morgan fingerprint density at radius 1 is 1.04 bits per heavy atom. The van der Waals surface area contributed by atoms with Crippen LogP contribution in [0.2, 0.25) is 0 Å². The van der Waals surface area contributed by atoms with Gasteiger partial charge >= 0.3 is 0 Å². The zero-order valence-corrected chi connectivity index (χ0v) is 14.4. The quantitative estimate of drug-likeness (QED) is 0.824. The molecule has 0 bridgehead atoms. The minimum Gasteiger partial charge on any atom is -0.485 e. The Balaban J connectivity index is 1.61. The second-order valence-electron chi connectivity index (χ2n) is 6.41. The standard InChI is InChI=1S/C19H19FN2O4/c1-19(2,12-7-3-4-8-13(12)20)18(24)22-21-17(23)16-11-25-14-9-5-6-10-15(14)26-16/h3-10,16H,11H2,1-2H3,(H,21,23)(H,22,24). The van der Waals surface area contributed by atoms with Crippen molar-refractivity contribution in [2.24, 2.45) is 0 Å². The molecule has 0 fully saturated rings. The first-order valence-electron chi connectivity index (χ1n) is 8.13. The summed E-state index contributed by atoms with van der Waals surface area (Å²) in [6.07, 6.45) is -0.901. The lowest BCUT2D eigenvalue weighted by Crippen LogP contribution is -2.54. The largest absolute Gasteiger partial charge is 0.485 e. The molecule has 1 aliphatic heterocycles. The van der Waals surface area contributed by atoms with Gasteiger partial charge in [-0.2, -0.15) is 0 Å². The molecule has 2 N–H and O–H groups in total. The van der Waals surface area contributed by atoms with Crippen LogP contribution in [0.5, 0.6) is 11.5 Å². The molecule has 1 unspecified atom stereocenters. The van der Waals surface area contributed by atoms with Crippen molar-refractivity contribution in [3.63, 3.8) is 0 Å². The van der Waals surface area contributed by atoms with Crippen molar-refractivity contribution in [1.82, 2.24) is 10.9 Å². The van der Waals surface area contributed by atoms with Crippen LogP contribution in [0.4, 0.5) is 4.39 Å². The number of benzene rings is 2. The van der Waals surface area contributed by atoms with Crippen molar-refractivity contribution in [2.45, 2.75) is 25.4 Å². The van der Waals surface area contributed by atoms with Crippen molar-refractivity contribution in [3.8, 4) is 11.5 Å². The van der Waals surface area contributed by atoms with Crippen LogP contribution in [0.1, 0.15) is 19.4 Å². The summed E-state index contributed by atoms with van der Waals surface area (Å²) in [4.78, 5) is 24.7. The number of amides is 2. The SMILES string of the molecule is CC(C)(C(=O)NNC(=O)C1COc2ccccc2O1)c1ccccc1F. The molecule has 2 amide bonds. The van der Waals surface area contributed by atoms with Crippen LogP contribution in [0, 0.1) is 5.82 Å². The van der Waals surface area contributed by atoms with Gasteiger partial charge in [0.05, 0.1) is 5.41 Å². The maximum Gasteiger partial charge on any atom is 0.283 e. The Morgan fingerprint density at radius 2 is 1.69 bits per heavy atom. The first-order valence-corrected chi connectivity index (χ1v) is 8.13. The maximum atomic E-state index is 14.0. The van der Waals surface area contributed by atoms with E-state index >= 15 is 0 Å². The summed E-state index contributed by atoms with van der Waals surface area (Å²) in [6, 6.07) is 13.0. The maximum absolute atomic E-state index is 14.0. The third-order valence-electron chi connectivity index (χ3n) is 4.22. The number of hydrazine groups is 1. The predicted molar refractivity (Wildman–Crippen MR) is 92.1 cm³/mol. The van der Waals surface area contributed by atoms with E-state index in [2.05, 4.69) is 10.9 Å². The first-order chi connectivity index (χ1) is 12.4. The smallest absolute Gasteiger partial charge is 0.283 e. The molecule has 1 heterocycles. The second kappa shape index (κ2) is 7.03. The number of ether oxygens (including phenoxy) is 2. The summed E-state index contributed by atoms with van der Waals surface area (Å²) in [5.41, 5.74) is 3.70. The van der Waals surface area contributed by atoms with E-state index < -0.39 is 29.2 Å². The van der Waals surface area contributed by atoms with Crippen LogP contribution in [-0.2, 0) is 15.0 Å². The third-order valence-corrected chi connectivity index (χ3v) is 4.22. The number of para-hydroxylation sites is 2. The van der Waals surface area contributed by atoms with Gasteiger partial charge in [-0.25, -0.2) is 4.39 Å². The molecule has 2 aromatic carbocycles. The molecule has 1 atom stereocenters. The molecule has 6 nitrogen and oxygen atoms in total. The normalized spacial score (nSPS) is 15.9. The van der Waals surface area contributed by atoms with Crippen molar-refractivity contribution in [2.75, 3.05) is 6.61 Å². The highest BCUT2D eigenvalue weighted by Gasteiger charge is 2.34. The van der Waals surface area contributed by atoms with Crippen molar-refractivity contribution in [1.29, 1.82) is 0 Å². The van der Waals surface area contributed by atoms with Gasteiger partial charge in [-0.1, -0.05) is 30.3 Å². The average molecular weight is 358 g/mol. The molecule has 0 radical (unpaired) electrons. The number of fused-ring (bicyclic) bond motifs is 1. The van der Waals surface area contributed by atoms with Gasteiger partial charge in [-0.15, -0.1) is 0 Å². The third kappa shape index (κ3) is 3.46. The van der Waals surface area contributed by atoms with Crippen molar-refractivity contribution < 1.29 is 23.5 Å². The average Bonchev–Trinajstić information content (AvgIpc) is 2.65. The second-order valence-corrected chi connectivity index (χ2v) is 6.41. The molecule has 0 aromatic heterocycles. The molecule has 136 valence electrons. The van der Waals surface area contributed by atoms with Crippen LogP contribution in [-0.4, -0.2) is 24.5 Å². The van der Waals surface area contributed by atoms with E-state index in [9.17, 15) is 14.0 Å². The van der Waals surface area contributed by atoms with Crippen LogP contribution in [0.3, 0.4) is 0 Å². The minimum absolute atomic E-state index is 0.0232. The Kier molecular flexibility index (Phi) is 4.79. The molecule has 7 heteroatoms. The summed E-state index contributed by atoms with van der Waals surface area (Å²) in [5, 5.41) is 0. The number of carbonyl (C=O) groups excluding carboxylic acids is 2. The summed E-state index contributed by atoms with van der Waals surface area (Å²) in [7, 11) is 0. The Bertz CT molecular complexity index is 838. The van der Waals surface area contributed by atoms with E-state index in [4.69, 9.17) is 9.47 Å². The number of halogens is 1. The lowest BCUT2D eigenvalue weighted by Gasteiger charge is -2.27. The monoisotopic (exact) mass is 358 g/mol. The molecular formula is C19H19FN2O4. The predicted octanol–water partition coefficient (Wildman–Crippen LogP) is 2.09. The highest BCUT2D eigenvalue weighted by molar-refractivity contribution is 5.90. The number of hydrogen-bond donors (Lipinski definition) is 2. The summed E-state index contributed by atoms with van der Waals surface area (Å²) >= 11 is 0. The highest BCUT2D eigenvalue weighted by atomic mass is 19.1. The first kappa shape index (κ1) is 17.7. The summed E-state index contributed by atoms with van der Waals surface area (Å²) in [6.45, 7) is 3.17. The van der Waals surface area contributed by atoms with Gasteiger partial charge in [0, 0.05) is 5.56 Å². The van der Waals surface area contributed by atoms with Crippen molar-refractivity contribution >= 4 is 11.8 Å². The van der Waals surface area contributed by atoms with E-state index in [0.717, 1.165) is 0 Å². The molecular weight excluding hydrogens is 339 g/mol. The lowest BCUT2D eigenvalue weighted by molar-refractivity contribution is -0.136. The number of nitrogens with one attached hydrogen (secondary N) is 2. The summed E-state index contributed by atoms with van der Waals surface area (Å²) in [5.74, 6) is -0.581. The van der Waals surface area contributed by atoms with Crippen molar-refractivity contribution in [3.05, 3.63) is 59.9 Å². The van der Waals surface area contributed by atoms with Gasteiger partial charge in [-0.3, -0.25) is 20.4 Å². The van der Waals surface area contributed by atoms with E-state index in [1.165, 1.54) is 12.1 Å². The lowest BCUT2D eigenvalue weighted by atomic mass is 9.83. The minimum atomic E-state index is -1.17. The molecule has 0 spiro atoms. The van der Waals surface area contributed by atoms with Crippen LogP contribution in [0.15, 0.2) is 48.5 Å². The van der Waals surface area contributed by atoms with Gasteiger partial charge in [0.1, 0.15) is 12.4 Å². The fourth-order valence-electron chi connectivity index (χ4n) is 2.59. The zero-order valence-electron chi connectivity index (χ0n) is 14.4. The Hall–Kier alpha value is -3.09. The molecule has 3 rings (SSSR count). The molecule has 2 aromatic rings. The van der Waals surface area contributed by atoms with Gasteiger partial charge in [0.15, 0.2) is 11.5 Å². The molecule has 1 aliphatic rings. The Labute approximate surface area is 150 Å². The van der Waals surface area contributed by atoms with E-state index in [0.29, 0.717) is 11.5 Å². The van der Waals surface area contributed by atoms with E-state index in [1.807, 2.05) is 0 Å². The van der Waals surface area contributed by atoms with Gasteiger partial charge in [0.2, 0.25) is 12.0 Å². The molecule has 0 saturated carbocycles. The number of carbonyl (C=O) groups is 2. The Morgan fingerprint density at radius 3 is 2.42 bits per heavy atom. The topological polar surface area (TPSA) is 76.7 Å². The number of hydrogen-bond acceptors (Lipinski definition) is 4. The van der Waals surface area contributed by atoms with Gasteiger partial charge in [0.25, 0.3) is 5.91 Å². The highest BCUT2D eigenvalue weighted by Crippen LogP contribution is 2.31. The fraction of sp³-hybridized carbons (Fsp3) is 0.263. The zero-order chi connectivity index (χ0) is 18.7. The van der Waals surface area contributed by atoms with Crippen LogP contribution >= 0.6 is 0 Å². The number of rotatable bonds is 3. The molecule has 0 saturated heterocycles. The van der Waals surface area contributed by atoms with Crippen LogP contribution in [0.25, 0.3) is 0 Å². The summed E-state index contributed by atoms with van der Waals surface area (Å²) < 4.78 is 25.0.